The van der Waals surface area contributed by atoms with Gasteiger partial charge in [-0.3, -0.25) is 4.79 Å². The Morgan fingerprint density at radius 1 is 1.11 bits per heavy atom. The summed E-state index contributed by atoms with van der Waals surface area (Å²) in [5.74, 6) is -8.52. The first-order valence-corrected chi connectivity index (χ1v) is 11.9. The number of aromatic nitrogens is 2. The van der Waals surface area contributed by atoms with Crippen molar-refractivity contribution in [1.29, 1.82) is 0 Å². The average Bonchev–Trinajstić information content (AvgIpc) is 2.73. The molecule has 3 aromatic rings. The van der Waals surface area contributed by atoms with Crippen LogP contribution < -0.4 is 10.1 Å². The molecule has 0 fully saturated rings. The van der Waals surface area contributed by atoms with Crippen LogP contribution in [-0.4, -0.2) is 39.4 Å². The van der Waals surface area contributed by atoms with Gasteiger partial charge in [0.25, 0.3) is 0 Å². The van der Waals surface area contributed by atoms with Gasteiger partial charge in [0.1, 0.15) is 29.0 Å². The number of rotatable bonds is 7. The predicted molar refractivity (Wildman–Crippen MR) is 119 cm³/mol. The number of pyridine rings is 2. The summed E-state index contributed by atoms with van der Waals surface area (Å²) in [6.45, 7) is 0.327. The molecule has 35 heavy (non-hydrogen) atoms. The van der Waals surface area contributed by atoms with Crippen LogP contribution in [0.5, 0.6) is 5.75 Å². The molecule has 0 aliphatic heterocycles. The molecule has 1 amide bonds. The van der Waals surface area contributed by atoms with Gasteiger partial charge in [-0.1, -0.05) is 0 Å². The smallest absolute Gasteiger partial charge is 0.324 e. The highest BCUT2D eigenvalue weighted by atomic mass is 32.2. The molecule has 0 spiro atoms. The van der Waals surface area contributed by atoms with Crippen molar-refractivity contribution in [3.8, 4) is 16.9 Å². The Bertz CT molecular complexity index is 1400. The number of hydrogen-bond donors (Lipinski definition) is 1. The number of halogens is 5. The SMILES string of the molecule is COc1cc(F)ccc1-c1cc(Nc2cc(CS(C)(=O)=NC(=O)C(C)(F)F)cc(F)n2)ncc1F. The summed E-state index contributed by atoms with van der Waals surface area (Å²) < 4.78 is 89.0. The third-order valence-electron chi connectivity index (χ3n) is 4.51. The maximum absolute atomic E-state index is 14.5. The minimum atomic E-state index is -3.80. The molecule has 0 bridgehead atoms. The molecule has 186 valence electrons. The topological polar surface area (TPSA) is 93.5 Å². The zero-order valence-corrected chi connectivity index (χ0v) is 19.4. The average molecular weight is 514 g/mol. The van der Waals surface area contributed by atoms with Crippen molar-refractivity contribution in [3.05, 3.63) is 65.7 Å². The summed E-state index contributed by atoms with van der Waals surface area (Å²) in [7, 11) is -2.18. The lowest BCUT2D eigenvalue weighted by Crippen LogP contribution is -2.23. The number of nitrogens with one attached hydrogen (secondary N) is 1. The highest BCUT2D eigenvalue weighted by Gasteiger charge is 2.33. The van der Waals surface area contributed by atoms with Crippen molar-refractivity contribution in [2.45, 2.75) is 18.6 Å². The fraction of sp³-hybridized carbons (Fsp3) is 0.227. The van der Waals surface area contributed by atoms with Crippen molar-refractivity contribution in [2.24, 2.45) is 4.36 Å². The summed E-state index contributed by atoms with van der Waals surface area (Å²) >= 11 is 0. The van der Waals surface area contributed by atoms with Gasteiger partial charge in [0.2, 0.25) is 5.95 Å². The van der Waals surface area contributed by atoms with E-state index in [0.29, 0.717) is 6.92 Å². The first kappa shape index (κ1) is 26.0. The van der Waals surface area contributed by atoms with Crippen LogP contribution in [0.4, 0.5) is 33.6 Å². The molecular formula is C22H19F5N4O3S. The van der Waals surface area contributed by atoms with Gasteiger partial charge in [0.15, 0.2) is 0 Å². The minimum absolute atomic E-state index is 0.00496. The number of nitrogens with zero attached hydrogens (tertiary/aromatic N) is 3. The molecule has 2 heterocycles. The molecule has 13 heteroatoms. The van der Waals surface area contributed by atoms with E-state index in [2.05, 4.69) is 19.6 Å². The number of ether oxygens (including phenoxy) is 1. The van der Waals surface area contributed by atoms with Crippen LogP contribution in [0.25, 0.3) is 11.1 Å². The summed E-state index contributed by atoms with van der Waals surface area (Å²) in [5, 5.41) is 2.67. The van der Waals surface area contributed by atoms with Gasteiger partial charge < -0.3 is 10.1 Å². The molecule has 3 rings (SSSR count). The molecule has 1 N–H and O–H groups in total. The largest absolute Gasteiger partial charge is 0.496 e. The number of amides is 1. The maximum atomic E-state index is 14.5. The Balaban J connectivity index is 1.92. The number of anilines is 2. The second-order valence-corrected chi connectivity index (χ2v) is 9.98. The Morgan fingerprint density at radius 2 is 1.83 bits per heavy atom. The lowest BCUT2D eigenvalue weighted by molar-refractivity contribution is -0.138. The van der Waals surface area contributed by atoms with E-state index in [0.717, 1.165) is 30.7 Å². The molecule has 2 aromatic heterocycles. The van der Waals surface area contributed by atoms with Gasteiger partial charge in [-0.15, -0.1) is 0 Å². The van der Waals surface area contributed by atoms with E-state index in [1.807, 2.05) is 0 Å². The fourth-order valence-electron chi connectivity index (χ4n) is 3.03. The van der Waals surface area contributed by atoms with Crippen LogP contribution >= 0.6 is 0 Å². The molecule has 1 unspecified atom stereocenters. The van der Waals surface area contributed by atoms with Crippen molar-refractivity contribution in [2.75, 3.05) is 18.7 Å². The van der Waals surface area contributed by atoms with E-state index < -0.39 is 44.9 Å². The fourth-order valence-corrected chi connectivity index (χ4v) is 4.39. The van der Waals surface area contributed by atoms with Crippen LogP contribution in [0, 0.1) is 17.6 Å². The van der Waals surface area contributed by atoms with Gasteiger partial charge in [-0.25, -0.2) is 23.0 Å². The number of carbonyl (C=O) groups is 1. The van der Waals surface area contributed by atoms with E-state index in [9.17, 15) is 31.0 Å². The molecule has 0 saturated heterocycles. The second-order valence-electron chi connectivity index (χ2n) is 7.59. The third-order valence-corrected chi connectivity index (χ3v) is 5.93. The quantitative estimate of drug-likeness (QED) is 0.349. The van der Waals surface area contributed by atoms with Crippen LogP contribution in [0.1, 0.15) is 12.5 Å². The van der Waals surface area contributed by atoms with Crippen molar-refractivity contribution in [3.63, 3.8) is 0 Å². The van der Waals surface area contributed by atoms with E-state index in [1.165, 1.54) is 25.3 Å². The minimum Gasteiger partial charge on any atom is -0.496 e. The monoisotopic (exact) mass is 514 g/mol. The van der Waals surface area contributed by atoms with Crippen molar-refractivity contribution < 1.29 is 35.7 Å². The predicted octanol–water partition coefficient (Wildman–Crippen LogP) is 5.09. The van der Waals surface area contributed by atoms with E-state index >= 15 is 0 Å². The zero-order valence-electron chi connectivity index (χ0n) is 18.6. The second kappa shape index (κ2) is 9.94. The van der Waals surface area contributed by atoms with Crippen molar-refractivity contribution in [1.82, 2.24) is 9.97 Å². The lowest BCUT2D eigenvalue weighted by atomic mass is 10.0. The highest BCUT2D eigenvalue weighted by molar-refractivity contribution is 7.92. The van der Waals surface area contributed by atoms with Crippen LogP contribution in [0.3, 0.4) is 0 Å². The molecule has 1 aromatic carbocycles. The van der Waals surface area contributed by atoms with Gasteiger partial charge >= 0.3 is 11.8 Å². The van der Waals surface area contributed by atoms with E-state index in [4.69, 9.17) is 4.74 Å². The van der Waals surface area contributed by atoms with Gasteiger partial charge in [-0.2, -0.15) is 17.5 Å². The highest BCUT2D eigenvalue weighted by Crippen LogP contribution is 2.33. The molecule has 1 atom stereocenters. The van der Waals surface area contributed by atoms with E-state index in [-0.39, 0.29) is 34.1 Å². The zero-order chi connectivity index (χ0) is 26.0. The number of carbonyl (C=O) groups excluding carboxylic acids is 1. The van der Waals surface area contributed by atoms with Crippen LogP contribution in [0.15, 0.2) is 47.0 Å². The first-order valence-electron chi connectivity index (χ1n) is 9.82. The molecule has 0 aliphatic carbocycles. The Morgan fingerprint density at radius 3 is 2.49 bits per heavy atom. The van der Waals surface area contributed by atoms with Crippen LogP contribution in [0.2, 0.25) is 0 Å². The summed E-state index contributed by atoms with van der Waals surface area (Å²) in [4.78, 5) is 18.9. The van der Waals surface area contributed by atoms with Gasteiger partial charge in [-0.05, 0) is 35.9 Å². The Hall–Kier alpha value is -3.61. The first-order chi connectivity index (χ1) is 16.3. The number of hydrogen-bond acceptors (Lipinski definition) is 6. The molecule has 0 aliphatic rings. The van der Waals surface area contributed by atoms with Gasteiger partial charge in [0, 0.05) is 30.4 Å². The summed E-state index contributed by atoms with van der Waals surface area (Å²) in [6, 6.07) is 6.94. The number of methoxy groups -OCH3 is 1. The molecular weight excluding hydrogens is 495 g/mol. The summed E-state index contributed by atoms with van der Waals surface area (Å²) in [5.41, 5.74) is 0.283. The van der Waals surface area contributed by atoms with E-state index in [1.54, 1.807) is 0 Å². The number of benzene rings is 1. The molecule has 0 radical (unpaired) electrons. The Labute approximate surface area is 197 Å². The number of alkyl halides is 2. The lowest BCUT2D eigenvalue weighted by Gasteiger charge is -2.12. The Kier molecular flexibility index (Phi) is 7.38. The van der Waals surface area contributed by atoms with Gasteiger partial charge in [0.05, 0.1) is 28.8 Å². The van der Waals surface area contributed by atoms with Crippen LogP contribution in [-0.2, 0) is 20.3 Å². The maximum Gasteiger partial charge on any atom is 0.324 e. The van der Waals surface area contributed by atoms with Crippen molar-refractivity contribution >= 4 is 27.3 Å². The summed E-state index contributed by atoms with van der Waals surface area (Å²) in [6.07, 6.45) is 1.88. The molecule has 7 nitrogen and oxygen atoms in total. The standard InChI is InChI=1S/C22H19F5N4O3S/c1-22(26,27)21(32)31-35(3,33)11-12-6-18(25)29-20(7-12)30-19-9-15(16(24)10-28-19)14-5-4-13(23)8-17(14)34-2/h4-10H,11H2,1-3H3,(H,28,29,30). The third kappa shape index (κ3) is 6.72. The molecule has 0 saturated carbocycles. The normalized spacial score (nSPS) is 13.1.